The Labute approximate surface area is 153 Å². The van der Waals surface area contributed by atoms with Gasteiger partial charge in [0, 0.05) is 25.7 Å². The maximum Gasteiger partial charge on any atom is 0.243 e. The van der Waals surface area contributed by atoms with E-state index in [1.807, 2.05) is 0 Å². The van der Waals surface area contributed by atoms with Gasteiger partial charge in [-0.15, -0.1) is 0 Å². The average Bonchev–Trinajstić information content (AvgIpc) is 2.52. The summed E-state index contributed by atoms with van der Waals surface area (Å²) in [5.74, 6) is -1.21. The Bertz CT molecular complexity index is 759. The van der Waals surface area contributed by atoms with Crippen LogP contribution in [0.1, 0.15) is 20.8 Å². The Hall–Kier alpha value is -2.46. The summed E-state index contributed by atoms with van der Waals surface area (Å²) in [7, 11) is -2.61. The first-order chi connectivity index (χ1) is 12.0. The Balaban J connectivity index is 2.66. The minimum atomic E-state index is -3.88. The van der Waals surface area contributed by atoms with Crippen LogP contribution in [0.15, 0.2) is 29.2 Å². The number of carbonyl (C=O) groups is 3. The second-order valence-electron chi connectivity index (χ2n) is 5.97. The number of amides is 3. The molecule has 0 spiro atoms. The Morgan fingerprint density at radius 3 is 2.15 bits per heavy atom. The molecule has 144 valence electrons. The van der Waals surface area contributed by atoms with Crippen LogP contribution >= 0.6 is 0 Å². The zero-order chi connectivity index (χ0) is 19.9. The minimum Gasteiger partial charge on any atom is -0.352 e. The SMILES string of the molecule is CC(=O)Nc1ccc(S(=O)(=O)N(C)CC(=O)NCC(=O)NC(C)C)cc1. The monoisotopic (exact) mass is 384 g/mol. The van der Waals surface area contributed by atoms with Gasteiger partial charge in [-0.05, 0) is 38.1 Å². The first-order valence-corrected chi connectivity index (χ1v) is 9.36. The lowest BCUT2D eigenvalue weighted by atomic mass is 10.3. The largest absolute Gasteiger partial charge is 0.352 e. The lowest BCUT2D eigenvalue weighted by molar-refractivity contribution is -0.126. The summed E-state index contributed by atoms with van der Waals surface area (Å²) < 4.78 is 25.8. The van der Waals surface area contributed by atoms with E-state index in [1.165, 1.54) is 38.2 Å². The van der Waals surface area contributed by atoms with Crippen molar-refractivity contribution in [3.8, 4) is 0 Å². The molecule has 26 heavy (non-hydrogen) atoms. The molecule has 0 atom stereocenters. The molecule has 3 N–H and O–H groups in total. The molecule has 3 amide bonds. The lowest BCUT2D eigenvalue weighted by Gasteiger charge is -2.17. The molecule has 10 heteroatoms. The molecule has 1 aromatic rings. The molecule has 0 heterocycles. The van der Waals surface area contributed by atoms with Gasteiger partial charge in [-0.1, -0.05) is 0 Å². The molecule has 0 saturated heterocycles. The number of benzene rings is 1. The average molecular weight is 384 g/mol. The maximum atomic E-state index is 12.5. The number of nitrogens with zero attached hydrogens (tertiary/aromatic N) is 1. The molecule has 0 aliphatic heterocycles. The molecule has 1 aromatic carbocycles. The van der Waals surface area contributed by atoms with E-state index in [0.717, 1.165) is 4.31 Å². The zero-order valence-electron chi connectivity index (χ0n) is 15.2. The highest BCUT2D eigenvalue weighted by atomic mass is 32.2. The van der Waals surface area contributed by atoms with Crippen molar-refractivity contribution < 1.29 is 22.8 Å². The van der Waals surface area contributed by atoms with Crippen molar-refractivity contribution in [3.05, 3.63) is 24.3 Å². The number of anilines is 1. The van der Waals surface area contributed by atoms with E-state index < -0.39 is 22.5 Å². The van der Waals surface area contributed by atoms with Gasteiger partial charge >= 0.3 is 0 Å². The van der Waals surface area contributed by atoms with Crippen molar-refractivity contribution in [3.63, 3.8) is 0 Å². The van der Waals surface area contributed by atoms with Gasteiger partial charge in [-0.25, -0.2) is 8.42 Å². The van der Waals surface area contributed by atoms with Crippen molar-refractivity contribution in [2.75, 3.05) is 25.5 Å². The fourth-order valence-electron chi connectivity index (χ4n) is 1.99. The van der Waals surface area contributed by atoms with Crippen molar-refractivity contribution >= 4 is 33.4 Å². The second kappa shape index (κ2) is 9.30. The van der Waals surface area contributed by atoms with Crippen LogP contribution in [-0.2, 0) is 24.4 Å². The predicted molar refractivity (Wildman–Crippen MR) is 96.8 cm³/mol. The van der Waals surface area contributed by atoms with Gasteiger partial charge < -0.3 is 16.0 Å². The minimum absolute atomic E-state index is 0.0144. The Morgan fingerprint density at radius 1 is 1.08 bits per heavy atom. The number of carbonyl (C=O) groups excluding carboxylic acids is 3. The smallest absolute Gasteiger partial charge is 0.243 e. The molecule has 0 aliphatic rings. The number of hydrogen-bond donors (Lipinski definition) is 3. The summed E-state index contributed by atoms with van der Waals surface area (Å²) >= 11 is 0. The molecule has 0 unspecified atom stereocenters. The summed E-state index contributed by atoms with van der Waals surface area (Å²) in [6.07, 6.45) is 0. The van der Waals surface area contributed by atoms with Gasteiger partial charge in [0.1, 0.15) is 0 Å². The van der Waals surface area contributed by atoms with Crippen LogP contribution in [0.25, 0.3) is 0 Å². The highest BCUT2D eigenvalue weighted by molar-refractivity contribution is 7.89. The first-order valence-electron chi connectivity index (χ1n) is 7.92. The lowest BCUT2D eigenvalue weighted by Crippen LogP contribution is -2.43. The van der Waals surface area contributed by atoms with Crippen LogP contribution in [0.4, 0.5) is 5.69 Å². The van der Waals surface area contributed by atoms with E-state index in [9.17, 15) is 22.8 Å². The van der Waals surface area contributed by atoms with Crippen LogP contribution in [0, 0.1) is 0 Å². The first kappa shape index (κ1) is 21.6. The predicted octanol–water partition coefficient (Wildman–Crippen LogP) is -0.0937. The van der Waals surface area contributed by atoms with Gasteiger partial charge in [0.25, 0.3) is 0 Å². The van der Waals surface area contributed by atoms with Crippen LogP contribution in [-0.4, -0.2) is 56.6 Å². The normalized spacial score (nSPS) is 11.3. The fraction of sp³-hybridized carbons (Fsp3) is 0.438. The van der Waals surface area contributed by atoms with Gasteiger partial charge in [-0.2, -0.15) is 4.31 Å². The van der Waals surface area contributed by atoms with E-state index in [2.05, 4.69) is 16.0 Å². The molecule has 9 nitrogen and oxygen atoms in total. The third-order valence-electron chi connectivity index (χ3n) is 3.14. The summed E-state index contributed by atoms with van der Waals surface area (Å²) in [5.41, 5.74) is 0.466. The van der Waals surface area contributed by atoms with E-state index in [-0.39, 0.29) is 29.3 Å². The molecule has 0 aromatic heterocycles. The topological polar surface area (TPSA) is 125 Å². The summed E-state index contributed by atoms with van der Waals surface area (Å²) in [4.78, 5) is 34.3. The van der Waals surface area contributed by atoms with Crippen molar-refractivity contribution in [1.29, 1.82) is 0 Å². The van der Waals surface area contributed by atoms with Crippen molar-refractivity contribution in [2.45, 2.75) is 31.7 Å². The van der Waals surface area contributed by atoms with E-state index in [0.29, 0.717) is 5.69 Å². The van der Waals surface area contributed by atoms with Crippen LogP contribution in [0.5, 0.6) is 0 Å². The number of hydrogen-bond acceptors (Lipinski definition) is 5. The standard InChI is InChI=1S/C16H24N4O5S/c1-11(2)18-15(22)9-17-16(23)10-20(4)26(24,25)14-7-5-13(6-8-14)19-12(3)21/h5-8,11H,9-10H2,1-4H3,(H,17,23)(H,18,22)(H,19,21). The summed E-state index contributed by atoms with van der Waals surface area (Å²) in [6, 6.07) is 5.54. The fourth-order valence-corrected chi connectivity index (χ4v) is 3.12. The summed E-state index contributed by atoms with van der Waals surface area (Å²) in [5, 5.41) is 7.52. The maximum absolute atomic E-state index is 12.5. The molecule has 0 aliphatic carbocycles. The van der Waals surface area contributed by atoms with Gasteiger partial charge in [-0.3, -0.25) is 14.4 Å². The highest BCUT2D eigenvalue weighted by Crippen LogP contribution is 2.17. The Kier molecular flexibility index (Phi) is 7.72. The van der Waals surface area contributed by atoms with Crippen LogP contribution < -0.4 is 16.0 Å². The number of likely N-dealkylation sites (N-methyl/N-ethyl adjacent to an activating group) is 1. The zero-order valence-corrected chi connectivity index (χ0v) is 16.0. The molecular formula is C16H24N4O5S. The number of rotatable bonds is 8. The Morgan fingerprint density at radius 2 is 1.65 bits per heavy atom. The van der Waals surface area contributed by atoms with E-state index >= 15 is 0 Å². The molecule has 0 fully saturated rings. The third-order valence-corrected chi connectivity index (χ3v) is 4.96. The third kappa shape index (κ3) is 6.81. The van der Waals surface area contributed by atoms with Crippen molar-refractivity contribution in [2.24, 2.45) is 0 Å². The van der Waals surface area contributed by atoms with E-state index in [4.69, 9.17) is 0 Å². The highest BCUT2D eigenvalue weighted by Gasteiger charge is 2.23. The molecule has 0 bridgehead atoms. The summed E-state index contributed by atoms with van der Waals surface area (Å²) in [6.45, 7) is 4.27. The second-order valence-corrected chi connectivity index (χ2v) is 8.01. The van der Waals surface area contributed by atoms with Crippen LogP contribution in [0.3, 0.4) is 0 Å². The number of nitrogens with one attached hydrogen (secondary N) is 3. The molecule has 0 saturated carbocycles. The quantitative estimate of drug-likeness (QED) is 0.578. The molecular weight excluding hydrogens is 360 g/mol. The van der Waals surface area contributed by atoms with Crippen LogP contribution in [0.2, 0.25) is 0 Å². The van der Waals surface area contributed by atoms with E-state index in [1.54, 1.807) is 13.8 Å². The van der Waals surface area contributed by atoms with Gasteiger partial charge in [0.15, 0.2) is 0 Å². The molecule has 1 rings (SSSR count). The van der Waals surface area contributed by atoms with Gasteiger partial charge in [0.2, 0.25) is 27.7 Å². The molecule has 0 radical (unpaired) electrons. The number of sulfonamides is 1. The van der Waals surface area contributed by atoms with Gasteiger partial charge in [0.05, 0.1) is 18.0 Å². The van der Waals surface area contributed by atoms with Crippen molar-refractivity contribution in [1.82, 2.24) is 14.9 Å².